The Morgan fingerprint density at radius 3 is 2.61 bits per heavy atom. The van der Waals surface area contributed by atoms with E-state index in [0.29, 0.717) is 12.6 Å². The molecule has 2 N–H and O–H groups in total. The highest BCUT2D eigenvalue weighted by atomic mass is 16.5. The van der Waals surface area contributed by atoms with Crippen molar-refractivity contribution < 1.29 is 9.53 Å². The van der Waals surface area contributed by atoms with Crippen LogP contribution in [-0.4, -0.2) is 61.1 Å². The lowest BCUT2D eigenvalue weighted by molar-refractivity contribution is 0.0341. The molecule has 1 aromatic rings. The van der Waals surface area contributed by atoms with E-state index in [9.17, 15) is 4.79 Å². The van der Waals surface area contributed by atoms with Crippen LogP contribution in [-0.2, 0) is 11.3 Å². The summed E-state index contributed by atoms with van der Waals surface area (Å²) in [7, 11) is 0. The lowest BCUT2D eigenvalue weighted by atomic mass is 10.1. The molecule has 23 heavy (non-hydrogen) atoms. The quantitative estimate of drug-likeness (QED) is 0.778. The third-order valence-corrected chi connectivity index (χ3v) is 4.53. The van der Waals surface area contributed by atoms with Gasteiger partial charge in [-0.3, -0.25) is 9.69 Å². The van der Waals surface area contributed by atoms with Crippen molar-refractivity contribution in [2.24, 2.45) is 5.73 Å². The smallest absolute Gasteiger partial charge is 0.253 e. The summed E-state index contributed by atoms with van der Waals surface area (Å²) in [4.78, 5) is 17.1. The van der Waals surface area contributed by atoms with E-state index in [-0.39, 0.29) is 5.91 Å². The Balaban J connectivity index is 1.94. The van der Waals surface area contributed by atoms with Gasteiger partial charge >= 0.3 is 0 Å². The standard InChI is InChI=1S/C18H29N3O2/c1-3-17-14-21(10-9-20(17)11-12-23-4-2)18(22)16-7-5-15(13-19)6-8-16/h5-8,17H,3-4,9-14,19H2,1-2H3. The van der Waals surface area contributed by atoms with Gasteiger partial charge in [0.25, 0.3) is 5.91 Å². The molecule has 5 nitrogen and oxygen atoms in total. The monoisotopic (exact) mass is 319 g/mol. The SMILES string of the molecule is CCOCCN1CCN(C(=O)c2ccc(CN)cc2)CC1CC. The predicted octanol–water partition coefficient (Wildman–Crippen LogP) is 1.72. The molecule has 0 radical (unpaired) electrons. The minimum Gasteiger partial charge on any atom is -0.380 e. The molecule has 1 aromatic carbocycles. The molecule has 1 fully saturated rings. The molecule has 5 heteroatoms. The van der Waals surface area contributed by atoms with Crippen LogP contribution < -0.4 is 5.73 Å². The molecule has 1 atom stereocenters. The van der Waals surface area contributed by atoms with Gasteiger partial charge < -0.3 is 15.4 Å². The third kappa shape index (κ3) is 4.77. The average molecular weight is 319 g/mol. The summed E-state index contributed by atoms with van der Waals surface area (Å²) in [6.07, 6.45) is 1.04. The summed E-state index contributed by atoms with van der Waals surface area (Å²) in [5.74, 6) is 0.122. The van der Waals surface area contributed by atoms with Crippen LogP contribution in [0.15, 0.2) is 24.3 Å². The van der Waals surface area contributed by atoms with Crippen LogP contribution in [0.5, 0.6) is 0 Å². The third-order valence-electron chi connectivity index (χ3n) is 4.53. The molecule has 0 spiro atoms. The van der Waals surface area contributed by atoms with Gasteiger partial charge in [0.15, 0.2) is 0 Å². The number of nitrogens with two attached hydrogens (primary N) is 1. The molecular formula is C18H29N3O2. The first-order valence-electron chi connectivity index (χ1n) is 8.59. The van der Waals surface area contributed by atoms with Gasteiger partial charge in [0, 0.05) is 50.9 Å². The largest absolute Gasteiger partial charge is 0.380 e. The number of ether oxygens (including phenoxy) is 1. The topological polar surface area (TPSA) is 58.8 Å². The van der Waals surface area contributed by atoms with Crippen LogP contribution in [0.25, 0.3) is 0 Å². The van der Waals surface area contributed by atoms with Crippen molar-refractivity contribution in [2.75, 3.05) is 39.4 Å². The fourth-order valence-corrected chi connectivity index (χ4v) is 3.05. The summed E-state index contributed by atoms with van der Waals surface area (Å²) in [5, 5.41) is 0. The van der Waals surface area contributed by atoms with Gasteiger partial charge in [-0.1, -0.05) is 19.1 Å². The van der Waals surface area contributed by atoms with Gasteiger partial charge in [-0.15, -0.1) is 0 Å². The van der Waals surface area contributed by atoms with E-state index in [4.69, 9.17) is 10.5 Å². The number of nitrogens with zero attached hydrogens (tertiary/aromatic N) is 2. The molecule has 1 saturated heterocycles. The zero-order valence-corrected chi connectivity index (χ0v) is 14.3. The summed E-state index contributed by atoms with van der Waals surface area (Å²) < 4.78 is 5.46. The molecule has 0 aliphatic carbocycles. The molecule has 0 aromatic heterocycles. The van der Waals surface area contributed by atoms with Gasteiger partial charge in [-0.05, 0) is 31.0 Å². The van der Waals surface area contributed by atoms with Crippen molar-refractivity contribution in [3.63, 3.8) is 0 Å². The van der Waals surface area contributed by atoms with E-state index < -0.39 is 0 Å². The predicted molar refractivity (Wildman–Crippen MR) is 92.4 cm³/mol. The molecule has 1 unspecified atom stereocenters. The summed E-state index contributed by atoms with van der Waals surface area (Å²) in [6, 6.07) is 8.04. The zero-order chi connectivity index (χ0) is 16.7. The van der Waals surface area contributed by atoms with Crippen LogP contribution in [0.2, 0.25) is 0 Å². The number of hydrogen-bond acceptors (Lipinski definition) is 4. The van der Waals surface area contributed by atoms with Crippen LogP contribution in [0.1, 0.15) is 36.2 Å². The normalized spacial score (nSPS) is 19.1. The summed E-state index contributed by atoms with van der Waals surface area (Å²) >= 11 is 0. The van der Waals surface area contributed by atoms with Crippen molar-refractivity contribution in [3.05, 3.63) is 35.4 Å². The van der Waals surface area contributed by atoms with Crippen LogP contribution in [0.4, 0.5) is 0 Å². The Morgan fingerprint density at radius 1 is 1.26 bits per heavy atom. The molecule has 1 aliphatic rings. The number of piperazine rings is 1. The molecule has 0 saturated carbocycles. The van der Waals surface area contributed by atoms with Gasteiger partial charge in [0.2, 0.25) is 0 Å². The number of hydrogen-bond donors (Lipinski definition) is 1. The molecule has 1 heterocycles. The molecule has 1 aliphatic heterocycles. The number of rotatable bonds is 7. The Labute approximate surface area is 139 Å². The highest BCUT2D eigenvalue weighted by Gasteiger charge is 2.28. The number of carbonyl (C=O) groups is 1. The zero-order valence-electron chi connectivity index (χ0n) is 14.3. The second kappa shape index (κ2) is 9.01. The van der Waals surface area contributed by atoms with E-state index in [2.05, 4.69) is 11.8 Å². The number of amides is 1. The Morgan fingerprint density at radius 2 is 2.00 bits per heavy atom. The van der Waals surface area contributed by atoms with E-state index >= 15 is 0 Å². The van der Waals surface area contributed by atoms with E-state index in [1.54, 1.807) is 0 Å². The molecule has 2 rings (SSSR count). The second-order valence-corrected chi connectivity index (χ2v) is 5.95. The molecule has 0 bridgehead atoms. The van der Waals surface area contributed by atoms with Crippen molar-refractivity contribution in [1.29, 1.82) is 0 Å². The fourth-order valence-electron chi connectivity index (χ4n) is 3.05. The Bertz CT molecular complexity index is 490. The fraction of sp³-hybridized carbons (Fsp3) is 0.611. The van der Waals surface area contributed by atoms with Gasteiger partial charge in [-0.2, -0.15) is 0 Å². The van der Waals surface area contributed by atoms with Crippen LogP contribution >= 0.6 is 0 Å². The lowest BCUT2D eigenvalue weighted by Gasteiger charge is -2.41. The summed E-state index contributed by atoms with van der Waals surface area (Å²) in [6.45, 7) is 9.66. The van der Waals surface area contributed by atoms with E-state index in [1.807, 2.05) is 36.1 Å². The highest BCUT2D eigenvalue weighted by molar-refractivity contribution is 5.94. The first-order valence-corrected chi connectivity index (χ1v) is 8.59. The minimum absolute atomic E-state index is 0.122. The van der Waals surface area contributed by atoms with Gasteiger partial charge in [0.05, 0.1) is 6.61 Å². The maximum Gasteiger partial charge on any atom is 0.253 e. The van der Waals surface area contributed by atoms with Gasteiger partial charge in [0.1, 0.15) is 0 Å². The van der Waals surface area contributed by atoms with E-state index in [1.165, 1.54) is 0 Å². The van der Waals surface area contributed by atoms with Crippen molar-refractivity contribution >= 4 is 5.91 Å². The van der Waals surface area contributed by atoms with E-state index in [0.717, 1.165) is 56.9 Å². The maximum absolute atomic E-state index is 12.7. The molecule has 128 valence electrons. The van der Waals surface area contributed by atoms with Crippen molar-refractivity contribution in [3.8, 4) is 0 Å². The lowest BCUT2D eigenvalue weighted by Crippen LogP contribution is -2.55. The molecular weight excluding hydrogens is 290 g/mol. The number of benzene rings is 1. The second-order valence-electron chi connectivity index (χ2n) is 5.95. The maximum atomic E-state index is 12.7. The Hall–Kier alpha value is -1.43. The molecule has 1 amide bonds. The van der Waals surface area contributed by atoms with Crippen molar-refractivity contribution in [2.45, 2.75) is 32.9 Å². The first kappa shape index (κ1) is 17.9. The minimum atomic E-state index is 0.122. The van der Waals surface area contributed by atoms with Crippen LogP contribution in [0.3, 0.4) is 0 Å². The van der Waals surface area contributed by atoms with Gasteiger partial charge in [-0.25, -0.2) is 0 Å². The number of carbonyl (C=O) groups excluding carboxylic acids is 1. The Kier molecular flexibility index (Phi) is 7.02. The first-order chi connectivity index (χ1) is 11.2. The highest BCUT2D eigenvalue weighted by Crippen LogP contribution is 2.16. The summed E-state index contributed by atoms with van der Waals surface area (Å²) in [5.41, 5.74) is 7.41. The van der Waals surface area contributed by atoms with Crippen LogP contribution in [0, 0.1) is 0 Å². The average Bonchev–Trinajstić information content (AvgIpc) is 2.61. The van der Waals surface area contributed by atoms with Crippen molar-refractivity contribution in [1.82, 2.24) is 9.80 Å².